The second kappa shape index (κ2) is 6.80. The minimum absolute atomic E-state index is 0.0294. The third-order valence-corrected chi connectivity index (χ3v) is 2.44. The summed E-state index contributed by atoms with van der Waals surface area (Å²) in [6.45, 7) is 0.197. The van der Waals surface area contributed by atoms with E-state index in [2.05, 4.69) is 0 Å². The van der Waals surface area contributed by atoms with Gasteiger partial charge in [-0.05, 0) is 6.42 Å². The summed E-state index contributed by atoms with van der Waals surface area (Å²) >= 11 is 0. The van der Waals surface area contributed by atoms with Gasteiger partial charge in [0, 0.05) is 13.0 Å². The number of carboxylic acid groups (broad SMARTS) is 1. The summed E-state index contributed by atoms with van der Waals surface area (Å²) in [4.78, 5) is 33.7. The van der Waals surface area contributed by atoms with E-state index in [0.717, 1.165) is 6.29 Å². The average Bonchev–Trinajstić information content (AvgIpc) is 2.64. The number of amides is 1. The summed E-state index contributed by atoms with van der Waals surface area (Å²) < 4.78 is 4.78. The molecule has 1 N–H and O–H groups in total. The number of hydrogen-bond acceptors (Lipinski definition) is 4. The smallest absolute Gasteiger partial charge is 0.329 e. The van der Waals surface area contributed by atoms with Gasteiger partial charge in [0.25, 0.3) is 0 Å². The summed E-state index contributed by atoms with van der Waals surface area (Å²) in [6, 6.07) is -0.327. The monoisotopic (exact) mass is 241 g/mol. The zero-order valence-corrected chi connectivity index (χ0v) is 9.37. The number of carbonyl (C=O) groups excluding carboxylic acids is 2. The highest BCUT2D eigenvalue weighted by atomic mass is 16.5. The van der Waals surface area contributed by atoms with E-state index in [-0.39, 0.29) is 25.2 Å². The van der Waals surface area contributed by atoms with Crippen LogP contribution in [-0.4, -0.2) is 54.0 Å². The largest absolute Gasteiger partial charge is 0.480 e. The first kappa shape index (κ1) is 13.4. The van der Waals surface area contributed by atoms with E-state index in [1.54, 1.807) is 12.2 Å². The van der Waals surface area contributed by atoms with Crippen molar-refractivity contribution in [1.82, 2.24) is 4.90 Å². The van der Waals surface area contributed by atoms with E-state index >= 15 is 0 Å². The number of nitrogens with zero attached hydrogens (tertiary/aromatic N) is 1. The van der Waals surface area contributed by atoms with Crippen LogP contribution in [0.15, 0.2) is 12.2 Å². The number of rotatable bonds is 7. The Labute approximate surface area is 98.8 Å². The molecule has 17 heavy (non-hydrogen) atoms. The summed E-state index contributed by atoms with van der Waals surface area (Å²) in [5, 5.41) is 8.30. The predicted octanol–water partition coefficient (Wildman–Crippen LogP) is -0.166. The predicted molar refractivity (Wildman–Crippen MR) is 58.4 cm³/mol. The molecule has 1 atom stereocenters. The van der Waals surface area contributed by atoms with E-state index in [0.29, 0.717) is 19.4 Å². The standard InChI is InChI=1S/C11H15NO5/c13-7-9-3-4-10(14)12(9)5-1-2-6-17-8-11(15)16/h1-2,7,9H,3-6,8H2,(H,15,16)/b2-1-/t9-/m1/s1. The molecule has 0 aromatic carbocycles. The van der Waals surface area contributed by atoms with Gasteiger partial charge in [-0.25, -0.2) is 4.79 Å². The lowest BCUT2D eigenvalue weighted by atomic mass is 10.2. The van der Waals surface area contributed by atoms with Crippen LogP contribution in [0.5, 0.6) is 0 Å². The molecule has 0 saturated carbocycles. The van der Waals surface area contributed by atoms with Crippen molar-refractivity contribution in [3.8, 4) is 0 Å². The molecule has 1 saturated heterocycles. The van der Waals surface area contributed by atoms with Crippen LogP contribution in [0.25, 0.3) is 0 Å². The van der Waals surface area contributed by atoms with Crippen LogP contribution in [0, 0.1) is 0 Å². The van der Waals surface area contributed by atoms with Gasteiger partial charge in [0.1, 0.15) is 12.9 Å². The first-order valence-corrected chi connectivity index (χ1v) is 5.34. The molecule has 0 radical (unpaired) electrons. The molecule has 6 heteroatoms. The Bertz CT molecular complexity index is 326. The lowest BCUT2D eigenvalue weighted by Crippen LogP contribution is -2.34. The summed E-state index contributed by atoms with van der Waals surface area (Å²) in [5.74, 6) is -1.05. The topological polar surface area (TPSA) is 83.9 Å². The van der Waals surface area contributed by atoms with Crippen LogP contribution in [-0.2, 0) is 19.1 Å². The fourth-order valence-corrected chi connectivity index (χ4v) is 1.60. The molecule has 1 aliphatic heterocycles. The second-order valence-electron chi connectivity index (χ2n) is 3.67. The van der Waals surface area contributed by atoms with Crippen molar-refractivity contribution in [1.29, 1.82) is 0 Å². The average molecular weight is 241 g/mol. The summed E-state index contributed by atoms with van der Waals surface area (Å²) in [5.41, 5.74) is 0. The maximum absolute atomic E-state index is 11.4. The molecule has 6 nitrogen and oxygen atoms in total. The molecule has 1 fully saturated rings. The lowest BCUT2D eigenvalue weighted by molar-refractivity contribution is -0.141. The van der Waals surface area contributed by atoms with E-state index in [1.807, 2.05) is 0 Å². The highest BCUT2D eigenvalue weighted by Gasteiger charge is 2.29. The van der Waals surface area contributed by atoms with E-state index in [9.17, 15) is 14.4 Å². The third kappa shape index (κ3) is 4.36. The highest BCUT2D eigenvalue weighted by molar-refractivity contribution is 5.83. The fourth-order valence-electron chi connectivity index (χ4n) is 1.60. The summed E-state index contributed by atoms with van der Waals surface area (Å²) in [6.07, 6.45) is 5.09. The molecule has 1 heterocycles. The molecule has 0 aromatic heterocycles. The molecule has 1 rings (SSSR count). The third-order valence-electron chi connectivity index (χ3n) is 2.44. The van der Waals surface area contributed by atoms with Crippen LogP contribution in [0.4, 0.5) is 0 Å². The molecular formula is C11H15NO5. The zero-order chi connectivity index (χ0) is 12.7. The first-order chi connectivity index (χ1) is 8.15. The van der Waals surface area contributed by atoms with Gasteiger partial charge in [-0.2, -0.15) is 0 Å². The van der Waals surface area contributed by atoms with Crippen molar-refractivity contribution in [3.05, 3.63) is 12.2 Å². The van der Waals surface area contributed by atoms with Crippen molar-refractivity contribution in [2.24, 2.45) is 0 Å². The van der Waals surface area contributed by atoms with Gasteiger partial charge in [0.2, 0.25) is 5.91 Å². The Morgan fingerprint density at radius 2 is 2.29 bits per heavy atom. The first-order valence-electron chi connectivity index (χ1n) is 5.34. The van der Waals surface area contributed by atoms with Gasteiger partial charge in [0.15, 0.2) is 0 Å². The minimum Gasteiger partial charge on any atom is -0.480 e. The Kier molecular flexibility index (Phi) is 5.35. The van der Waals surface area contributed by atoms with Crippen LogP contribution in [0.3, 0.4) is 0 Å². The molecule has 0 unspecified atom stereocenters. The molecule has 0 aromatic rings. The van der Waals surface area contributed by atoms with Crippen LogP contribution >= 0.6 is 0 Å². The number of carboxylic acids is 1. The molecule has 0 bridgehead atoms. The molecule has 94 valence electrons. The Hall–Kier alpha value is -1.69. The van der Waals surface area contributed by atoms with Gasteiger partial charge < -0.3 is 19.5 Å². The summed E-state index contributed by atoms with van der Waals surface area (Å²) in [7, 11) is 0. The van der Waals surface area contributed by atoms with Crippen molar-refractivity contribution in [3.63, 3.8) is 0 Å². The van der Waals surface area contributed by atoms with Crippen LogP contribution in [0.1, 0.15) is 12.8 Å². The number of aliphatic carboxylic acids is 1. The van der Waals surface area contributed by atoms with Gasteiger partial charge in [-0.15, -0.1) is 0 Å². The Morgan fingerprint density at radius 3 is 2.94 bits per heavy atom. The zero-order valence-electron chi connectivity index (χ0n) is 9.37. The van der Waals surface area contributed by atoms with Crippen molar-refractivity contribution in [2.75, 3.05) is 19.8 Å². The molecule has 0 aliphatic carbocycles. The Morgan fingerprint density at radius 1 is 1.53 bits per heavy atom. The van der Waals surface area contributed by atoms with Gasteiger partial charge in [-0.1, -0.05) is 12.2 Å². The second-order valence-corrected chi connectivity index (χ2v) is 3.67. The number of likely N-dealkylation sites (tertiary alicyclic amines) is 1. The number of hydrogen-bond donors (Lipinski definition) is 1. The van der Waals surface area contributed by atoms with Gasteiger partial charge >= 0.3 is 5.97 Å². The van der Waals surface area contributed by atoms with Crippen molar-refractivity contribution in [2.45, 2.75) is 18.9 Å². The van der Waals surface area contributed by atoms with Gasteiger partial charge in [0.05, 0.1) is 12.6 Å². The van der Waals surface area contributed by atoms with Gasteiger partial charge in [-0.3, -0.25) is 4.79 Å². The van der Waals surface area contributed by atoms with Crippen molar-refractivity contribution >= 4 is 18.2 Å². The van der Waals surface area contributed by atoms with Crippen LogP contribution < -0.4 is 0 Å². The maximum Gasteiger partial charge on any atom is 0.329 e. The number of ether oxygens (including phenoxy) is 1. The van der Waals surface area contributed by atoms with E-state index in [4.69, 9.17) is 9.84 Å². The number of aldehydes is 1. The molecule has 1 aliphatic rings. The molecule has 1 amide bonds. The quantitative estimate of drug-likeness (QED) is 0.380. The SMILES string of the molecule is O=C[C@H]1CCC(=O)N1C/C=C\COCC(=O)O. The fraction of sp³-hybridized carbons (Fsp3) is 0.545. The Balaban J connectivity index is 2.24. The normalized spacial score (nSPS) is 20.1. The molecule has 0 spiro atoms. The van der Waals surface area contributed by atoms with E-state index in [1.165, 1.54) is 4.90 Å². The maximum atomic E-state index is 11.4. The van der Waals surface area contributed by atoms with Crippen LogP contribution in [0.2, 0.25) is 0 Å². The van der Waals surface area contributed by atoms with Crippen molar-refractivity contribution < 1.29 is 24.2 Å². The molecular weight excluding hydrogens is 226 g/mol. The lowest BCUT2D eigenvalue weighted by Gasteiger charge is -2.18. The van der Waals surface area contributed by atoms with E-state index < -0.39 is 5.97 Å². The highest BCUT2D eigenvalue weighted by Crippen LogP contribution is 2.16. The minimum atomic E-state index is -1.02. The number of carbonyl (C=O) groups is 3.